The topological polar surface area (TPSA) is 130 Å². The molecule has 0 aliphatic carbocycles. The molecular weight excluding hydrogens is 492 g/mol. The lowest BCUT2D eigenvalue weighted by molar-refractivity contribution is -0.119. The van der Waals surface area contributed by atoms with Gasteiger partial charge >= 0.3 is 0 Å². The molecule has 0 spiro atoms. The minimum Gasteiger partial charge on any atom is -0.375 e. The fraction of sp³-hybridized carbons (Fsp3) is 0.200. The minimum atomic E-state index is -0.808. The van der Waals surface area contributed by atoms with E-state index in [1.807, 2.05) is 43.3 Å². The maximum atomic E-state index is 13.0. The van der Waals surface area contributed by atoms with Gasteiger partial charge in [0.25, 0.3) is 11.8 Å². The fourth-order valence-corrected chi connectivity index (χ4v) is 3.91. The average Bonchev–Trinajstić information content (AvgIpc) is 2.94. The number of rotatable bonds is 8. The summed E-state index contributed by atoms with van der Waals surface area (Å²) in [5.41, 5.74) is 5.13. The van der Waals surface area contributed by atoms with Crippen LogP contribution in [0.2, 0.25) is 0 Å². The molecule has 1 aromatic carbocycles. The summed E-state index contributed by atoms with van der Waals surface area (Å²) >= 11 is 0. The van der Waals surface area contributed by atoms with E-state index in [1.165, 1.54) is 13.3 Å². The summed E-state index contributed by atoms with van der Waals surface area (Å²) in [7, 11) is 1.45. The zero-order valence-corrected chi connectivity index (χ0v) is 22.1. The highest BCUT2D eigenvalue weighted by molar-refractivity contribution is 6.04. The standard InChI is InChI=1S/C30H28N6O3/c1-19-5-6-23(35-29(38)22-9-11-33-26(14-22)30(2,3)18-31)16-24(19)20-7-10-32-25(13-20)21-8-12-34-27(15-21)36-28(37)17-39-4/h5-16H,17H2,1-4H3,(H,35,38)(H,34,36,37). The van der Waals surface area contributed by atoms with E-state index >= 15 is 0 Å². The van der Waals surface area contributed by atoms with Crippen LogP contribution in [0.15, 0.2) is 73.2 Å². The SMILES string of the molecule is COCC(=O)Nc1cc(-c2cc(-c3cc(NC(=O)c4ccnc(C(C)(C)C#N)c4)ccc3C)ccn2)ccn1. The largest absolute Gasteiger partial charge is 0.375 e. The lowest BCUT2D eigenvalue weighted by Crippen LogP contribution is -2.18. The summed E-state index contributed by atoms with van der Waals surface area (Å²) in [6, 6.07) is 18.6. The molecule has 196 valence electrons. The molecule has 4 aromatic rings. The van der Waals surface area contributed by atoms with E-state index in [4.69, 9.17) is 4.74 Å². The van der Waals surface area contributed by atoms with Crippen molar-refractivity contribution in [3.63, 3.8) is 0 Å². The Bertz CT molecular complexity index is 1580. The number of nitrogens with one attached hydrogen (secondary N) is 2. The van der Waals surface area contributed by atoms with Gasteiger partial charge in [-0.15, -0.1) is 0 Å². The monoisotopic (exact) mass is 520 g/mol. The van der Waals surface area contributed by atoms with E-state index in [0.29, 0.717) is 28.5 Å². The number of carbonyl (C=O) groups excluding carboxylic acids is 2. The third-order valence-corrected chi connectivity index (χ3v) is 6.11. The van der Waals surface area contributed by atoms with Crippen LogP contribution in [-0.2, 0) is 14.9 Å². The molecule has 3 aromatic heterocycles. The third kappa shape index (κ3) is 6.50. The van der Waals surface area contributed by atoms with E-state index in [1.54, 1.807) is 44.4 Å². The molecule has 2 N–H and O–H groups in total. The molecule has 0 atom stereocenters. The lowest BCUT2D eigenvalue weighted by atomic mass is 9.90. The second-order valence-corrected chi connectivity index (χ2v) is 9.49. The highest BCUT2D eigenvalue weighted by Crippen LogP contribution is 2.30. The molecule has 9 nitrogen and oxygen atoms in total. The summed E-state index contributed by atoms with van der Waals surface area (Å²) in [4.78, 5) is 37.9. The first-order valence-corrected chi connectivity index (χ1v) is 12.2. The Labute approximate surface area is 226 Å². The molecule has 0 aliphatic rings. The lowest BCUT2D eigenvalue weighted by Gasteiger charge is -2.15. The van der Waals surface area contributed by atoms with Crippen LogP contribution in [0.4, 0.5) is 11.5 Å². The quantitative estimate of drug-likeness (QED) is 0.328. The van der Waals surface area contributed by atoms with Crippen molar-refractivity contribution in [1.29, 1.82) is 5.26 Å². The van der Waals surface area contributed by atoms with Gasteiger partial charge in [0.2, 0.25) is 0 Å². The van der Waals surface area contributed by atoms with Gasteiger partial charge in [0.15, 0.2) is 0 Å². The van der Waals surface area contributed by atoms with Crippen molar-refractivity contribution in [2.24, 2.45) is 0 Å². The summed E-state index contributed by atoms with van der Waals surface area (Å²) in [5.74, 6) is -0.187. The summed E-state index contributed by atoms with van der Waals surface area (Å²) < 4.78 is 4.86. The first-order chi connectivity index (χ1) is 18.7. The number of aryl methyl sites for hydroxylation is 1. The average molecular weight is 521 g/mol. The van der Waals surface area contributed by atoms with Crippen LogP contribution in [0.25, 0.3) is 22.4 Å². The van der Waals surface area contributed by atoms with Crippen LogP contribution in [0.3, 0.4) is 0 Å². The normalized spacial score (nSPS) is 10.9. The van der Waals surface area contributed by atoms with E-state index in [0.717, 1.165) is 22.3 Å². The number of methoxy groups -OCH3 is 1. The van der Waals surface area contributed by atoms with Gasteiger partial charge in [-0.05, 0) is 86.0 Å². The number of carbonyl (C=O) groups is 2. The zero-order chi connectivity index (χ0) is 28.0. The number of nitriles is 1. The van der Waals surface area contributed by atoms with Gasteiger partial charge in [0.05, 0.1) is 22.9 Å². The van der Waals surface area contributed by atoms with Gasteiger partial charge < -0.3 is 15.4 Å². The molecule has 0 radical (unpaired) electrons. The summed E-state index contributed by atoms with van der Waals surface area (Å²) in [6.07, 6.45) is 4.86. The molecule has 3 heterocycles. The van der Waals surface area contributed by atoms with Crippen molar-refractivity contribution < 1.29 is 14.3 Å². The highest BCUT2D eigenvalue weighted by Gasteiger charge is 2.22. The number of nitrogens with zero attached hydrogens (tertiary/aromatic N) is 4. The Kier molecular flexibility index (Phi) is 8.08. The summed E-state index contributed by atoms with van der Waals surface area (Å²) in [5, 5.41) is 15.1. The molecule has 4 rings (SSSR count). The van der Waals surface area contributed by atoms with E-state index in [2.05, 4.69) is 31.7 Å². The minimum absolute atomic E-state index is 0.0635. The maximum absolute atomic E-state index is 13.0. The van der Waals surface area contributed by atoms with Crippen molar-refractivity contribution in [2.45, 2.75) is 26.2 Å². The number of pyridine rings is 3. The number of aromatic nitrogens is 3. The predicted octanol–water partition coefficient (Wildman–Crippen LogP) is 5.15. The van der Waals surface area contributed by atoms with Gasteiger partial charge in [-0.1, -0.05) is 6.07 Å². The fourth-order valence-electron chi connectivity index (χ4n) is 3.91. The second kappa shape index (κ2) is 11.6. The first-order valence-electron chi connectivity index (χ1n) is 12.2. The third-order valence-electron chi connectivity index (χ3n) is 6.11. The van der Waals surface area contributed by atoms with Crippen molar-refractivity contribution in [1.82, 2.24) is 15.0 Å². The maximum Gasteiger partial charge on any atom is 0.255 e. The van der Waals surface area contributed by atoms with Crippen LogP contribution in [0.5, 0.6) is 0 Å². The van der Waals surface area contributed by atoms with E-state index < -0.39 is 5.41 Å². The van der Waals surface area contributed by atoms with E-state index in [-0.39, 0.29) is 18.4 Å². The van der Waals surface area contributed by atoms with E-state index in [9.17, 15) is 14.9 Å². The van der Waals surface area contributed by atoms with Crippen molar-refractivity contribution >= 4 is 23.3 Å². The summed E-state index contributed by atoms with van der Waals surface area (Å²) in [6.45, 7) is 5.45. The number of benzene rings is 1. The Morgan fingerprint density at radius 3 is 2.44 bits per heavy atom. The Morgan fingerprint density at radius 2 is 1.67 bits per heavy atom. The van der Waals surface area contributed by atoms with Gasteiger partial charge in [-0.25, -0.2) is 4.98 Å². The van der Waals surface area contributed by atoms with Gasteiger partial charge in [-0.3, -0.25) is 19.6 Å². The molecule has 0 saturated carbocycles. The van der Waals surface area contributed by atoms with Crippen LogP contribution in [0.1, 0.15) is 35.5 Å². The number of anilines is 2. The van der Waals surface area contributed by atoms with Crippen molar-refractivity contribution in [3.05, 3.63) is 90.0 Å². The molecule has 2 amide bonds. The van der Waals surface area contributed by atoms with Gasteiger partial charge in [0.1, 0.15) is 12.4 Å². The van der Waals surface area contributed by atoms with Crippen molar-refractivity contribution in [3.8, 4) is 28.5 Å². The number of ether oxygens (including phenoxy) is 1. The Balaban J connectivity index is 1.59. The van der Waals surface area contributed by atoms with Crippen LogP contribution >= 0.6 is 0 Å². The molecule has 9 heteroatoms. The second-order valence-electron chi connectivity index (χ2n) is 9.49. The molecule has 0 fully saturated rings. The zero-order valence-electron chi connectivity index (χ0n) is 22.1. The number of hydrogen-bond acceptors (Lipinski definition) is 7. The number of hydrogen-bond donors (Lipinski definition) is 2. The number of amides is 2. The molecule has 39 heavy (non-hydrogen) atoms. The molecular formula is C30H28N6O3. The molecule has 0 bridgehead atoms. The Morgan fingerprint density at radius 1 is 0.923 bits per heavy atom. The Hall–Kier alpha value is -4.94. The predicted molar refractivity (Wildman–Crippen MR) is 149 cm³/mol. The first kappa shape index (κ1) is 27.1. The van der Waals surface area contributed by atoms with Gasteiger partial charge in [0, 0.05) is 42.5 Å². The van der Waals surface area contributed by atoms with Gasteiger partial charge in [-0.2, -0.15) is 5.26 Å². The van der Waals surface area contributed by atoms with Crippen LogP contribution < -0.4 is 10.6 Å². The van der Waals surface area contributed by atoms with Crippen molar-refractivity contribution in [2.75, 3.05) is 24.4 Å². The van der Waals surface area contributed by atoms with Crippen LogP contribution in [0, 0.1) is 18.3 Å². The smallest absolute Gasteiger partial charge is 0.255 e. The molecule has 0 aliphatic heterocycles. The van der Waals surface area contributed by atoms with Crippen LogP contribution in [-0.4, -0.2) is 40.5 Å². The molecule has 0 saturated heterocycles. The molecule has 0 unspecified atom stereocenters. The highest BCUT2D eigenvalue weighted by atomic mass is 16.5.